The first-order chi connectivity index (χ1) is 6.65. The number of aryl methyl sites for hydroxylation is 1. The van der Waals surface area contributed by atoms with Crippen molar-refractivity contribution in [3.05, 3.63) is 41.8 Å². The van der Waals surface area contributed by atoms with Crippen molar-refractivity contribution >= 4 is 5.69 Å². The maximum absolute atomic E-state index is 5.82. The summed E-state index contributed by atoms with van der Waals surface area (Å²) in [4.78, 5) is 1.93. The van der Waals surface area contributed by atoms with Gasteiger partial charge in [-0.1, -0.05) is 17.7 Å². The Balaban J connectivity index is 2.84. The van der Waals surface area contributed by atoms with E-state index in [0.717, 1.165) is 5.69 Å². The number of rotatable bonds is 3. The van der Waals surface area contributed by atoms with Gasteiger partial charge in [-0.25, -0.2) is 0 Å². The number of nitrogens with two attached hydrogens (primary N) is 1. The number of anilines is 1. The average Bonchev–Trinajstić information content (AvgIpc) is 2.18. The molecule has 0 unspecified atom stereocenters. The molecule has 0 atom stereocenters. The quantitative estimate of drug-likeness (QED) is 0.759. The molecule has 0 aliphatic rings. The highest BCUT2D eigenvalue weighted by atomic mass is 15.2. The standard InChI is InChI=1S/C11H17N3/c1-9-4-6-10(7-5-9)14(3)11(12)8-13-2/h4-8,13H,12H2,1-3H3/b11-8-. The van der Waals surface area contributed by atoms with Gasteiger partial charge in [0.25, 0.3) is 0 Å². The van der Waals surface area contributed by atoms with Gasteiger partial charge in [-0.05, 0) is 19.1 Å². The molecule has 0 aliphatic carbocycles. The fourth-order valence-corrected chi connectivity index (χ4v) is 1.16. The van der Waals surface area contributed by atoms with Crippen LogP contribution in [0, 0.1) is 6.92 Å². The smallest absolute Gasteiger partial charge is 0.119 e. The number of hydrogen-bond donors (Lipinski definition) is 2. The Morgan fingerprint density at radius 2 is 1.93 bits per heavy atom. The second-order valence-electron chi connectivity index (χ2n) is 3.25. The van der Waals surface area contributed by atoms with Crippen LogP contribution in [0.1, 0.15) is 5.56 Å². The Labute approximate surface area is 85.2 Å². The van der Waals surface area contributed by atoms with Crippen molar-refractivity contribution in [2.45, 2.75) is 6.92 Å². The summed E-state index contributed by atoms with van der Waals surface area (Å²) in [5, 5.41) is 2.90. The van der Waals surface area contributed by atoms with Gasteiger partial charge in [0.2, 0.25) is 0 Å². The van der Waals surface area contributed by atoms with Crippen LogP contribution >= 0.6 is 0 Å². The van der Waals surface area contributed by atoms with Gasteiger partial charge in [-0.2, -0.15) is 0 Å². The highest BCUT2D eigenvalue weighted by Crippen LogP contribution is 2.15. The second-order valence-corrected chi connectivity index (χ2v) is 3.25. The first-order valence-corrected chi connectivity index (χ1v) is 4.58. The zero-order valence-corrected chi connectivity index (χ0v) is 8.91. The molecule has 3 nitrogen and oxygen atoms in total. The Morgan fingerprint density at radius 1 is 1.36 bits per heavy atom. The fourth-order valence-electron chi connectivity index (χ4n) is 1.16. The van der Waals surface area contributed by atoms with Gasteiger partial charge in [0.1, 0.15) is 5.82 Å². The lowest BCUT2D eigenvalue weighted by atomic mass is 10.2. The molecule has 1 aromatic carbocycles. The summed E-state index contributed by atoms with van der Waals surface area (Å²) in [5.41, 5.74) is 8.15. The summed E-state index contributed by atoms with van der Waals surface area (Å²) in [6, 6.07) is 8.23. The molecule has 1 aromatic rings. The molecule has 0 aliphatic heterocycles. The molecular formula is C11H17N3. The first-order valence-electron chi connectivity index (χ1n) is 4.58. The molecule has 1 rings (SSSR count). The van der Waals surface area contributed by atoms with E-state index in [1.807, 2.05) is 31.1 Å². The van der Waals surface area contributed by atoms with E-state index < -0.39 is 0 Å². The summed E-state index contributed by atoms with van der Waals surface area (Å²) in [7, 11) is 3.77. The van der Waals surface area contributed by atoms with Crippen LogP contribution in [0.15, 0.2) is 36.3 Å². The topological polar surface area (TPSA) is 41.3 Å². The maximum atomic E-state index is 5.82. The van der Waals surface area contributed by atoms with E-state index in [-0.39, 0.29) is 0 Å². The van der Waals surface area contributed by atoms with Gasteiger partial charge in [-0.15, -0.1) is 0 Å². The van der Waals surface area contributed by atoms with Crippen LogP contribution in [0.2, 0.25) is 0 Å². The third kappa shape index (κ3) is 2.42. The van der Waals surface area contributed by atoms with Crippen LogP contribution in [0.3, 0.4) is 0 Å². The van der Waals surface area contributed by atoms with E-state index in [1.165, 1.54) is 5.56 Å². The highest BCUT2D eigenvalue weighted by molar-refractivity contribution is 5.51. The summed E-state index contributed by atoms with van der Waals surface area (Å²) < 4.78 is 0. The van der Waals surface area contributed by atoms with Gasteiger partial charge in [0.15, 0.2) is 0 Å². The zero-order chi connectivity index (χ0) is 10.6. The highest BCUT2D eigenvalue weighted by Gasteiger charge is 2.01. The van der Waals surface area contributed by atoms with Crippen molar-refractivity contribution in [1.29, 1.82) is 0 Å². The third-order valence-corrected chi connectivity index (χ3v) is 2.10. The van der Waals surface area contributed by atoms with E-state index >= 15 is 0 Å². The average molecular weight is 191 g/mol. The lowest BCUT2D eigenvalue weighted by Gasteiger charge is -2.19. The predicted octanol–water partition coefficient (Wildman–Crippen LogP) is 1.41. The maximum Gasteiger partial charge on any atom is 0.119 e. The van der Waals surface area contributed by atoms with Gasteiger partial charge >= 0.3 is 0 Å². The van der Waals surface area contributed by atoms with E-state index in [9.17, 15) is 0 Å². The number of benzene rings is 1. The summed E-state index contributed by atoms with van der Waals surface area (Å²) in [6.45, 7) is 2.07. The van der Waals surface area contributed by atoms with Crippen molar-refractivity contribution in [3.63, 3.8) is 0 Å². The van der Waals surface area contributed by atoms with Crippen molar-refractivity contribution < 1.29 is 0 Å². The molecule has 0 bridgehead atoms. The van der Waals surface area contributed by atoms with Crippen LogP contribution in [-0.2, 0) is 0 Å². The molecule has 0 fully saturated rings. The summed E-state index contributed by atoms with van der Waals surface area (Å²) in [5.74, 6) is 0.691. The second kappa shape index (κ2) is 4.56. The van der Waals surface area contributed by atoms with E-state index in [2.05, 4.69) is 24.4 Å². The fraction of sp³-hybridized carbons (Fsp3) is 0.273. The molecule has 0 amide bonds. The number of nitrogens with zero attached hydrogens (tertiary/aromatic N) is 1. The number of hydrogen-bond acceptors (Lipinski definition) is 3. The molecule has 0 aromatic heterocycles. The molecular weight excluding hydrogens is 174 g/mol. The van der Waals surface area contributed by atoms with Gasteiger partial charge in [0.05, 0.1) is 0 Å². The van der Waals surface area contributed by atoms with E-state index in [0.29, 0.717) is 5.82 Å². The third-order valence-electron chi connectivity index (χ3n) is 2.10. The molecule has 0 saturated carbocycles. The minimum atomic E-state index is 0.691. The largest absolute Gasteiger partial charge is 0.391 e. The molecule has 0 heterocycles. The Kier molecular flexibility index (Phi) is 3.40. The van der Waals surface area contributed by atoms with Crippen LogP contribution in [0.5, 0.6) is 0 Å². The van der Waals surface area contributed by atoms with Gasteiger partial charge in [-0.3, -0.25) is 0 Å². The monoisotopic (exact) mass is 191 g/mol. The van der Waals surface area contributed by atoms with Gasteiger partial charge < -0.3 is 16.0 Å². The molecule has 0 saturated heterocycles. The molecule has 3 N–H and O–H groups in total. The van der Waals surface area contributed by atoms with E-state index in [4.69, 9.17) is 5.73 Å². The lowest BCUT2D eigenvalue weighted by Crippen LogP contribution is -2.24. The summed E-state index contributed by atoms with van der Waals surface area (Å²) >= 11 is 0. The van der Waals surface area contributed by atoms with Crippen LogP contribution in [0.4, 0.5) is 5.69 Å². The molecule has 0 spiro atoms. The molecule has 76 valence electrons. The molecule has 14 heavy (non-hydrogen) atoms. The van der Waals surface area contributed by atoms with Crippen LogP contribution < -0.4 is 16.0 Å². The molecule has 0 radical (unpaired) electrons. The van der Waals surface area contributed by atoms with E-state index in [1.54, 1.807) is 6.20 Å². The minimum absolute atomic E-state index is 0.691. The van der Waals surface area contributed by atoms with Crippen molar-refractivity contribution in [2.24, 2.45) is 5.73 Å². The summed E-state index contributed by atoms with van der Waals surface area (Å²) in [6.07, 6.45) is 1.76. The minimum Gasteiger partial charge on any atom is -0.391 e. The zero-order valence-electron chi connectivity index (χ0n) is 8.91. The Hall–Kier alpha value is -1.64. The van der Waals surface area contributed by atoms with Crippen LogP contribution in [-0.4, -0.2) is 14.1 Å². The SMILES string of the molecule is CN/C=C(/N)N(C)c1ccc(C)cc1. The molecule has 3 heteroatoms. The number of nitrogens with one attached hydrogen (secondary N) is 1. The lowest BCUT2D eigenvalue weighted by molar-refractivity contribution is 0.990. The predicted molar refractivity (Wildman–Crippen MR) is 60.9 cm³/mol. The van der Waals surface area contributed by atoms with Crippen LogP contribution in [0.25, 0.3) is 0 Å². The Bertz CT molecular complexity index is 314. The Morgan fingerprint density at radius 3 is 2.43 bits per heavy atom. The van der Waals surface area contributed by atoms with Crippen molar-refractivity contribution in [3.8, 4) is 0 Å². The van der Waals surface area contributed by atoms with Crippen molar-refractivity contribution in [1.82, 2.24) is 5.32 Å². The first kappa shape index (κ1) is 10.4. The van der Waals surface area contributed by atoms with Gasteiger partial charge in [0, 0.05) is 26.0 Å². The van der Waals surface area contributed by atoms with Crippen molar-refractivity contribution in [2.75, 3.05) is 19.0 Å². The normalized spacial score (nSPS) is 11.2.